The van der Waals surface area contributed by atoms with Crippen molar-refractivity contribution in [3.63, 3.8) is 0 Å². The van der Waals surface area contributed by atoms with Gasteiger partial charge in [-0.15, -0.1) is 11.3 Å². The Hall–Kier alpha value is -0.870. The number of rotatable bonds is 3. The predicted molar refractivity (Wildman–Crippen MR) is 63.9 cm³/mol. The summed E-state index contributed by atoms with van der Waals surface area (Å²) in [5, 5.41) is 0. The molecule has 0 aliphatic heterocycles. The van der Waals surface area contributed by atoms with E-state index in [1.807, 2.05) is 6.92 Å². The monoisotopic (exact) mass is 226 g/mol. The number of aryl methyl sites for hydroxylation is 1. The summed E-state index contributed by atoms with van der Waals surface area (Å²) in [5.74, 6) is -0.0199. The summed E-state index contributed by atoms with van der Waals surface area (Å²) < 4.78 is 0. The van der Waals surface area contributed by atoms with Gasteiger partial charge in [-0.1, -0.05) is 0 Å². The van der Waals surface area contributed by atoms with Crippen LogP contribution < -0.4 is 5.73 Å². The van der Waals surface area contributed by atoms with E-state index in [1.165, 1.54) is 9.75 Å². The minimum absolute atomic E-state index is 0.0199. The summed E-state index contributed by atoms with van der Waals surface area (Å²) in [5.41, 5.74) is 5.57. The molecule has 1 aromatic heterocycles. The Kier molecular flexibility index (Phi) is 3.88. The van der Waals surface area contributed by atoms with Crippen molar-refractivity contribution in [2.45, 2.75) is 32.9 Å². The highest BCUT2D eigenvalue weighted by molar-refractivity contribution is 7.12. The Morgan fingerprint density at radius 1 is 1.47 bits per heavy atom. The van der Waals surface area contributed by atoms with Crippen LogP contribution in [-0.2, 0) is 4.79 Å². The molecule has 4 heteroatoms. The van der Waals surface area contributed by atoms with Gasteiger partial charge in [0.15, 0.2) is 0 Å². The molecule has 0 bridgehead atoms. The lowest BCUT2D eigenvalue weighted by molar-refractivity contribution is -0.132. The van der Waals surface area contributed by atoms with E-state index in [0.717, 1.165) is 0 Å². The maximum absolute atomic E-state index is 11.7. The average Bonchev–Trinajstić information content (AvgIpc) is 2.61. The van der Waals surface area contributed by atoms with Gasteiger partial charge < -0.3 is 10.6 Å². The van der Waals surface area contributed by atoms with E-state index in [9.17, 15) is 4.79 Å². The zero-order chi connectivity index (χ0) is 11.6. The summed E-state index contributed by atoms with van der Waals surface area (Å²) in [4.78, 5) is 15.8. The Labute approximate surface area is 94.9 Å². The van der Waals surface area contributed by atoms with Gasteiger partial charge in [0.2, 0.25) is 5.91 Å². The highest BCUT2D eigenvalue weighted by Gasteiger charge is 2.20. The first-order chi connectivity index (χ1) is 6.93. The predicted octanol–water partition coefficient (Wildman–Crippen LogP) is 1.92. The van der Waals surface area contributed by atoms with Crippen LogP contribution in [0.5, 0.6) is 0 Å². The van der Waals surface area contributed by atoms with Gasteiger partial charge in [-0.05, 0) is 32.9 Å². The molecule has 0 radical (unpaired) electrons. The average molecular weight is 226 g/mol. The lowest BCUT2D eigenvalue weighted by atomic mass is 10.2. The molecule has 1 aromatic rings. The van der Waals surface area contributed by atoms with Crippen LogP contribution in [0, 0.1) is 6.92 Å². The SMILES string of the molecule is Cc1ccc(C(C)N(C)C(=O)C(C)N)s1. The number of amides is 1. The normalized spacial score (nSPS) is 14.7. The molecule has 15 heavy (non-hydrogen) atoms. The minimum Gasteiger partial charge on any atom is -0.337 e. The summed E-state index contributed by atoms with van der Waals surface area (Å²) in [6.45, 7) is 5.80. The van der Waals surface area contributed by atoms with Crippen LogP contribution in [-0.4, -0.2) is 23.9 Å². The summed E-state index contributed by atoms with van der Waals surface area (Å²) in [7, 11) is 1.80. The van der Waals surface area contributed by atoms with Crippen LogP contribution in [0.2, 0.25) is 0 Å². The fourth-order valence-electron chi connectivity index (χ4n) is 1.38. The molecule has 0 saturated heterocycles. The minimum atomic E-state index is -0.432. The molecule has 3 nitrogen and oxygen atoms in total. The summed E-state index contributed by atoms with van der Waals surface area (Å²) in [6.07, 6.45) is 0. The molecule has 2 unspecified atom stereocenters. The van der Waals surface area contributed by atoms with Crippen molar-refractivity contribution in [1.82, 2.24) is 4.90 Å². The number of hydrogen-bond acceptors (Lipinski definition) is 3. The number of carbonyl (C=O) groups excluding carboxylic acids is 1. The fourth-order valence-corrected chi connectivity index (χ4v) is 2.35. The van der Waals surface area contributed by atoms with Crippen molar-refractivity contribution in [1.29, 1.82) is 0 Å². The highest BCUT2D eigenvalue weighted by atomic mass is 32.1. The van der Waals surface area contributed by atoms with Gasteiger partial charge in [0.25, 0.3) is 0 Å². The molecule has 0 aromatic carbocycles. The molecule has 0 saturated carbocycles. The number of thiophene rings is 1. The first kappa shape index (κ1) is 12.2. The maximum atomic E-state index is 11.7. The van der Waals surface area contributed by atoms with Crippen molar-refractivity contribution >= 4 is 17.2 Å². The Morgan fingerprint density at radius 2 is 2.07 bits per heavy atom. The zero-order valence-electron chi connectivity index (χ0n) is 9.65. The number of likely N-dealkylation sites (N-methyl/N-ethyl adjacent to an activating group) is 1. The first-order valence-electron chi connectivity index (χ1n) is 5.02. The molecule has 1 amide bonds. The Bertz CT molecular complexity index is 346. The molecule has 84 valence electrons. The quantitative estimate of drug-likeness (QED) is 0.856. The van der Waals surface area contributed by atoms with Gasteiger partial charge in [0.05, 0.1) is 12.1 Å². The second-order valence-corrected chi connectivity index (χ2v) is 5.18. The summed E-state index contributed by atoms with van der Waals surface area (Å²) >= 11 is 1.72. The lowest BCUT2D eigenvalue weighted by Crippen LogP contribution is -2.40. The van der Waals surface area contributed by atoms with Gasteiger partial charge in [-0.3, -0.25) is 4.79 Å². The second-order valence-electron chi connectivity index (χ2n) is 3.86. The van der Waals surface area contributed by atoms with Crippen molar-refractivity contribution in [3.05, 3.63) is 21.9 Å². The largest absolute Gasteiger partial charge is 0.337 e. The van der Waals surface area contributed by atoms with E-state index in [-0.39, 0.29) is 11.9 Å². The van der Waals surface area contributed by atoms with E-state index in [1.54, 1.807) is 30.2 Å². The van der Waals surface area contributed by atoms with E-state index < -0.39 is 6.04 Å². The van der Waals surface area contributed by atoms with Gasteiger partial charge >= 0.3 is 0 Å². The smallest absolute Gasteiger partial charge is 0.239 e. The molecule has 0 fully saturated rings. The van der Waals surface area contributed by atoms with E-state index in [0.29, 0.717) is 0 Å². The van der Waals surface area contributed by atoms with E-state index >= 15 is 0 Å². The van der Waals surface area contributed by atoms with Crippen LogP contribution >= 0.6 is 11.3 Å². The van der Waals surface area contributed by atoms with Crippen LogP contribution in [0.3, 0.4) is 0 Å². The Balaban J connectivity index is 2.76. The summed E-state index contributed by atoms with van der Waals surface area (Å²) in [6, 6.07) is 3.80. The molecule has 0 spiro atoms. The molecule has 2 N–H and O–H groups in total. The third kappa shape index (κ3) is 2.79. The van der Waals surface area contributed by atoms with Gasteiger partial charge in [-0.25, -0.2) is 0 Å². The van der Waals surface area contributed by atoms with E-state index in [4.69, 9.17) is 5.73 Å². The molecule has 2 atom stereocenters. The standard InChI is InChI=1S/C11H18N2OS/c1-7-5-6-10(15-7)9(3)13(4)11(14)8(2)12/h5-6,8-9H,12H2,1-4H3. The van der Waals surface area contributed by atoms with Gasteiger partial charge in [0.1, 0.15) is 0 Å². The molecule has 0 aliphatic carbocycles. The number of carbonyl (C=O) groups is 1. The molecular formula is C11H18N2OS. The van der Waals surface area contributed by atoms with Crippen molar-refractivity contribution < 1.29 is 4.79 Å². The van der Waals surface area contributed by atoms with Crippen LogP contribution in [0.15, 0.2) is 12.1 Å². The van der Waals surface area contributed by atoms with E-state index in [2.05, 4.69) is 19.1 Å². The van der Waals surface area contributed by atoms with Crippen molar-refractivity contribution in [2.75, 3.05) is 7.05 Å². The molecule has 1 heterocycles. The highest BCUT2D eigenvalue weighted by Crippen LogP contribution is 2.26. The molecular weight excluding hydrogens is 208 g/mol. The third-order valence-electron chi connectivity index (χ3n) is 2.49. The van der Waals surface area contributed by atoms with Crippen LogP contribution in [0.4, 0.5) is 0 Å². The van der Waals surface area contributed by atoms with Gasteiger partial charge in [-0.2, -0.15) is 0 Å². The first-order valence-corrected chi connectivity index (χ1v) is 5.83. The number of nitrogens with zero attached hydrogens (tertiary/aromatic N) is 1. The Morgan fingerprint density at radius 3 is 2.47 bits per heavy atom. The maximum Gasteiger partial charge on any atom is 0.239 e. The topological polar surface area (TPSA) is 46.3 Å². The fraction of sp³-hybridized carbons (Fsp3) is 0.545. The lowest BCUT2D eigenvalue weighted by Gasteiger charge is -2.25. The zero-order valence-corrected chi connectivity index (χ0v) is 10.5. The van der Waals surface area contributed by atoms with Crippen LogP contribution in [0.1, 0.15) is 29.6 Å². The van der Waals surface area contributed by atoms with Crippen molar-refractivity contribution in [3.8, 4) is 0 Å². The van der Waals surface area contributed by atoms with Crippen LogP contribution in [0.25, 0.3) is 0 Å². The van der Waals surface area contributed by atoms with Crippen molar-refractivity contribution in [2.24, 2.45) is 5.73 Å². The van der Waals surface area contributed by atoms with Gasteiger partial charge in [0, 0.05) is 16.8 Å². The molecule has 1 rings (SSSR count). The number of hydrogen-bond donors (Lipinski definition) is 1. The second kappa shape index (κ2) is 4.77. The number of nitrogens with two attached hydrogens (primary N) is 1. The molecule has 0 aliphatic rings. The third-order valence-corrected chi connectivity index (χ3v) is 3.66.